The van der Waals surface area contributed by atoms with Crippen molar-refractivity contribution in [2.45, 2.75) is 23.5 Å². The second kappa shape index (κ2) is 5.42. The summed E-state index contributed by atoms with van der Waals surface area (Å²) < 4.78 is 38.4. The Morgan fingerprint density at radius 2 is 2.05 bits per heavy atom. The monoisotopic (exact) mass is 350 g/mol. The van der Waals surface area contributed by atoms with E-state index in [0.717, 1.165) is 13.0 Å². The number of nitrogens with zero attached hydrogens (tertiary/aromatic N) is 1. The quantitative estimate of drug-likeness (QED) is 0.819. The third-order valence-corrected chi connectivity index (χ3v) is 4.17. The molecule has 0 bridgehead atoms. The lowest BCUT2D eigenvalue weighted by molar-refractivity contribution is -0.137. The van der Waals surface area contributed by atoms with Gasteiger partial charge in [0.25, 0.3) is 5.91 Å². The molecule has 0 aliphatic heterocycles. The van der Waals surface area contributed by atoms with Gasteiger partial charge in [-0.15, -0.1) is 0 Å². The highest BCUT2D eigenvalue weighted by atomic mass is 79.9. The summed E-state index contributed by atoms with van der Waals surface area (Å²) >= 11 is 2.95. The molecule has 0 aliphatic carbocycles. The van der Waals surface area contributed by atoms with Crippen molar-refractivity contribution >= 4 is 21.8 Å². The Labute approximate surface area is 121 Å². The molecule has 0 aromatic heterocycles. The van der Waals surface area contributed by atoms with Gasteiger partial charge in [-0.25, -0.2) is 0 Å². The molecule has 0 heterocycles. The van der Waals surface area contributed by atoms with Gasteiger partial charge in [-0.2, -0.15) is 18.4 Å². The normalized spacial score (nSPS) is 16.1. The van der Waals surface area contributed by atoms with E-state index in [0.29, 0.717) is 6.07 Å². The highest BCUT2D eigenvalue weighted by molar-refractivity contribution is 9.09. The highest BCUT2D eigenvalue weighted by Crippen LogP contribution is 2.38. The van der Waals surface area contributed by atoms with Crippen molar-refractivity contribution in [3.05, 3.63) is 34.9 Å². The number of benzene rings is 1. The van der Waals surface area contributed by atoms with Crippen molar-refractivity contribution in [3.63, 3.8) is 0 Å². The fourth-order valence-corrected chi connectivity index (χ4v) is 2.01. The zero-order valence-corrected chi connectivity index (χ0v) is 11.8. The molecule has 0 radical (unpaired) electrons. The number of carbonyl (C=O) groups is 1. The van der Waals surface area contributed by atoms with Crippen molar-refractivity contribution in [2.75, 3.05) is 0 Å². The van der Waals surface area contributed by atoms with Crippen LogP contribution in [-0.4, -0.2) is 16.6 Å². The maximum absolute atomic E-state index is 12.8. The van der Waals surface area contributed by atoms with E-state index in [4.69, 9.17) is 11.0 Å². The van der Waals surface area contributed by atoms with Crippen LogP contribution in [0.25, 0.3) is 0 Å². The van der Waals surface area contributed by atoms with Crippen molar-refractivity contribution in [2.24, 2.45) is 5.73 Å². The van der Waals surface area contributed by atoms with Crippen LogP contribution in [0.15, 0.2) is 18.2 Å². The molecule has 4 nitrogen and oxygen atoms in total. The number of alkyl halides is 4. The molecule has 0 saturated carbocycles. The van der Waals surface area contributed by atoms with E-state index in [1.807, 2.05) is 0 Å². The lowest BCUT2D eigenvalue weighted by Crippen LogP contribution is -2.44. The average molecular weight is 351 g/mol. The fourth-order valence-electron chi connectivity index (χ4n) is 1.50. The molecule has 1 amide bonds. The molecule has 2 unspecified atom stereocenters. The highest BCUT2D eigenvalue weighted by Gasteiger charge is 2.39. The first kappa shape index (κ1) is 16.5. The third-order valence-electron chi connectivity index (χ3n) is 2.75. The standard InChI is InChI=1S/C12H10BrF3N2O2/c1-11(20,10(18)19)9(13)6-2-3-7(5-17)8(4-6)12(14,15)16/h2-4,9,20H,1H3,(H2,18,19). The van der Waals surface area contributed by atoms with Crippen LogP contribution in [0, 0.1) is 11.3 Å². The third kappa shape index (κ3) is 3.11. The molecule has 2 atom stereocenters. The summed E-state index contributed by atoms with van der Waals surface area (Å²) in [4.78, 5) is 9.97. The molecule has 3 N–H and O–H groups in total. The van der Waals surface area contributed by atoms with Crippen LogP contribution in [0.5, 0.6) is 0 Å². The summed E-state index contributed by atoms with van der Waals surface area (Å²) in [5.41, 5.74) is 1.23. The predicted octanol–water partition coefficient (Wildman–Crippen LogP) is 2.25. The first-order chi connectivity index (χ1) is 9.01. The first-order valence-electron chi connectivity index (χ1n) is 5.29. The van der Waals surface area contributed by atoms with E-state index >= 15 is 0 Å². The SMILES string of the molecule is CC(O)(C(N)=O)C(Br)c1ccc(C#N)c(C(F)(F)F)c1. The zero-order chi connectivity index (χ0) is 15.7. The van der Waals surface area contributed by atoms with Crippen molar-refractivity contribution in [1.82, 2.24) is 0 Å². The van der Waals surface area contributed by atoms with Crippen molar-refractivity contribution in [3.8, 4) is 6.07 Å². The molecule has 0 spiro atoms. The Kier molecular flexibility index (Phi) is 4.46. The average Bonchev–Trinajstić information content (AvgIpc) is 2.35. The zero-order valence-electron chi connectivity index (χ0n) is 10.2. The van der Waals surface area contributed by atoms with Crippen molar-refractivity contribution in [1.29, 1.82) is 5.26 Å². The minimum absolute atomic E-state index is 0.0138. The minimum Gasteiger partial charge on any atom is -0.379 e. The summed E-state index contributed by atoms with van der Waals surface area (Å²) in [5.74, 6) is -1.09. The molecular weight excluding hydrogens is 341 g/mol. The second-order valence-corrected chi connectivity index (χ2v) is 5.20. The van der Waals surface area contributed by atoms with E-state index in [1.165, 1.54) is 12.1 Å². The largest absolute Gasteiger partial charge is 0.417 e. The van der Waals surface area contributed by atoms with Gasteiger partial charge in [0.1, 0.15) is 0 Å². The smallest absolute Gasteiger partial charge is 0.379 e. The van der Waals surface area contributed by atoms with Crippen LogP contribution >= 0.6 is 15.9 Å². The number of hydrogen-bond donors (Lipinski definition) is 2. The molecule has 1 rings (SSSR count). The van der Waals surface area contributed by atoms with Crippen LogP contribution < -0.4 is 5.73 Å². The number of aliphatic hydroxyl groups is 1. The van der Waals surface area contributed by atoms with E-state index in [9.17, 15) is 23.1 Å². The van der Waals surface area contributed by atoms with Gasteiger partial charge in [0.15, 0.2) is 5.60 Å². The minimum atomic E-state index is -4.72. The first-order valence-corrected chi connectivity index (χ1v) is 6.21. The number of nitriles is 1. The van der Waals surface area contributed by atoms with Gasteiger partial charge < -0.3 is 10.8 Å². The Morgan fingerprint density at radius 3 is 2.45 bits per heavy atom. The molecular formula is C12H10BrF3N2O2. The van der Waals surface area contributed by atoms with Gasteiger partial charge in [-0.3, -0.25) is 4.79 Å². The molecule has 0 fully saturated rings. The van der Waals surface area contributed by atoms with E-state index in [1.54, 1.807) is 0 Å². The molecule has 20 heavy (non-hydrogen) atoms. The Balaban J connectivity index is 3.37. The summed E-state index contributed by atoms with van der Waals surface area (Å²) in [5, 5.41) is 18.5. The van der Waals surface area contributed by atoms with Gasteiger partial charge in [0, 0.05) is 0 Å². The molecule has 108 valence electrons. The second-order valence-electron chi connectivity index (χ2n) is 4.29. The maximum Gasteiger partial charge on any atom is 0.417 e. The van der Waals surface area contributed by atoms with Gasteiger partial charge in [-0.1, -0.05) is 22.0 Å². The summed E-state index contributed by atoms with van der Waals surface area (Å²) in [6.45, 7) is 1.08. The molecule has 0 saturated heterocycles. The van der Waals surface area contributed by atoms with Crippen LogP contribution in [0.2, 0.25) is 0 Å². The van der Waals surface area contributed by atoms with E-state index in [-0.39, 0.29) is 5.56 Å². The fraction of sp³-hybridized carbons (Fsp3) is 0.333. The van der Waals surface area contributed by atoms with Crippen molar-refractivity contribution < 1.29 is 23.1 Å². The van der Waals surface area contributed by atoms with E-state index in [2.05, 4.69) is 15.9 Å². The van der Waals surface area contributed by atoms with Gasteiger partial charge in [0.05, 0.1) is 22.0 Å². The summed E-state index contributed by atoms with van der Waals surface area (Å²) in [7, 11) is 0. The number of hydrogen-bond acceptors (Lipinski definition) is 3. The number of nitrogens with two attached hydrogens (primary N) is 1. The Morgan fingerprint density at radius 1 is 1.50 bits per heavy atom. The van der Waals surface area contributed by atoms with Crippen LogP contribution in [0.1, 0.15) is 28.4 Å². The molecule has 8 heteroatoms. The summed E-state index contributed by atoms with van der Waals surface area (Å²) in [6.07, 6.45) is -4.72. The van der Waals surface area contributed by atoms with Gasteiger partial charge in [0.2, 0.25) is 0 Å². The molecule has 0 aliphatic rings. The maximum atomic E-state index is 12.8. The number of carbonyl (C=O) groups excluding carboxylic acids is 1. The van der Waals surface area contributed by atoms with E-state index < -0.39 is 33.6 Å². The Bertz CT molecular complexity index is 579. The molecule has 1 aromatic rings. The number of rotatable bonds is 3. The number of primary amides is 1. The number of amides is 1. The lowest BCUT2D eigenvalue weighted by Gasteiger charge is -2.26. The van der Waals surface area contributed by atoms with Gasteiger partial charge >= 0.3 is 6.18 Å². The van der Waals surface area contributed by atoms with Crippen LogP contribution in [0.3, 0.4) is 0 Å². The van der Waals surface area contributed by atoms with Crippen LogP contribution in [-0.2, 0) is 11.0 Å². The van der Waals surface area contributed by atoms with Crippen LogP contribution in [0.4, 0.5) is 13.2 Å². The topological polar surface area (TPSA) is 87.1 Å². The lowest BCUT2D eigenvalue weighted by atomic mass is 9.93. The van der Waals surface area contributed by atoms with Gasteiger partial charge in [-0.05, 0) is 24.6 Å². The Hall–Kier alpha value is -1.59. The predicted molar refractivity (Wildman–Crippen MR) is 67.6 cm³/mol. The molecule has 1 aromatic carbocycles. The summed E-state index contributed by atoms with van der Waals surface area (Å²) in [6, 6.07) is 4.33. The number of halogens is 4.